The molecule has 0 aliphatic heterocycles. The van der Waals surface area contributed by atoms with Crippen LogP contribution in [0.2, 0.25) is 0 Å². The van der Waals surface area contributed by atoms with E-state index >= 15 is 0 Å². The third kappa shape index (κ3) is 4.06. The molecule has 1 saturated carbocycles. The Morgan fingerprint density at radius 1 is 1.58 bits per heavy atom. The molecule has 1 atom stereocenters. The third-order valence-electron chi connectivity index (χ3n) is 3.79. The first-order valence-electron chi connectivity index (χ1n) is 7.11. The highest BCUT2D eigenvalue weighted by molar-refractivity contribution is 5.76. The summed E-state index contributed by atoms with van der Waals surface area (Å²) in [6.45, 7) is 2.82. The topological polar surface area (TPSA) is 67.2 Å². The maximum atomic E-state index is 11.9. The first-order valence-corrected chi connectivity index (χ1v) is 7.11. The number of aliphatic hydroxyl groups is 1. The van der Waals surface area contributed by atoms with E-state index in [2.05, 4.69) is 17.2 Å². The van der Waals surface area contributed by atoms with Crippen LogP contribution < -0.4 is 5.32 Å². The summed E-state index contributed by atoms with van der Waals surface area (Å²) in [5, 5.41) is 12.2. The molecular formula is C14H23N3O2. The van der Waals surface area contributed by atoms with Crippen LogP contribution in [0.4, 0.5) is 0 Å². The molecule has 106 valence electrons. The summed E-state index contributed by atoms with van der Waals surface area (Å²) in [5.41, 5.74) is 0. The maximum absolute atomic E-state index is 11.9. The molecule has 1 unspecified atom stereocenters. The summed E-state index contributed by atoms with van der Waals surface area (Å²) in [6.07, 6.45) is 9.44. The van der Waals surface area contributed by atoms with Gasteiger partial charge in [0.2, 0.25) is 5.91 Å². The second kappa shape index (κ2) is 6.70. The lowest BCUT2D eigenvalue weighted by atomic mass is 9.82. The Kier molecular flexibility index (Phi) is 4.96. The fourth-order valence-electron chi connectivity index (χ4n) is 2.59. The number of rotatable bonds is 7. The number of nitrogens with one attached hydrogen (secondary N) is 1. The molecule has 1 aliphatic carbocycles. The maximum Gasteiger partial charge on any atom is 0.222 e. The van der Waals surface area contributed by atoms with E-state index in [-0.39, 0.29) is 18.1 Å². The van der Waals surface area contributed by atoms with Crippen molar-refractivity contribution in [3.05, 3.63) is 18.7 Å². The lowest BCUT2D eigenvalue weighted by Crippen LogP contribution is -2.38. The Hall–Kier alpha value is -1.36. The average molecular weight is 265 g/mol. The molecule has 1 fully saturated rings. The van der Waals surface area contributed by atoms with Gasteiger partial charge in [0.15, 0.2) is 0 Å². The Bertz CT molecular complexity index is 385. The van der Waals surface area contributed by atoms with E-state index in [1.165, 1.54) is 0 Å². The van der Waals surface area contributed by atoms with Crippen molar-refractivity contribution in [2.45, 2.75) is 51.2 Å². The average Bonchev–Trinajstić information content (AvgIpc) is 2.86. The molecule has 2 N–H and O–H groups in total. The number of aliphatic hydroxyl groups excluding tert-OH is 1. The monoisotopic (exact) mass is 265 g/mol. The Morgan fingerprint density at radius 3 is 2.95 bits per heavy atom. The summed E-state index contributed by atoms with van der Waals surface area (Å²) in [4.78, 5) is 16.0. The van der Waals surface area contributed by atoms with Crippen LogP contribution in [0.25, 0.3) is 0 Å². The minimum absolute atomic E-state index is 0.0912. The fourth-order valence-corrected chi connectivity index (χ4v) is 2.59. The van der Waals surface area contributed by atoms with Crippen molar-refractivity contribution in [3.8, 4) is 0 Å². The quantitative estimate of drug-likeness (QED) is 0.785. The van der Waals surface area contributed by atoms with Gasteiger partial charge in [-0.15, -0.1) is 0 Å². The SMILES string of the molecule is CCCC(CC(=O)NCC1CC(O)C1)n1ccnc1. The minimum Gasteiger partial charge on any atom is -0.393 e. The van der Waals surface area contributed by atoms with E-state index in [0.29, 0.717) is 18.9 Å². The Balaban J connectivity index is 1.75. The largest absolute Gasteiger partial charge is 0.393 e. The molecule has 5 nitrogen and oxygen atoms in total. The van der Waals surface area contributed by atoms with Crippen LogP contribution in [0.1, 0.15) is 45.1 Å². The number of nitrogens with zero attached hydrogens (tertiary/aromatic N) is 2. The molecule has 1 aliphatic rings. The summed E-state index contributed by atoms with van der Waals surface area (Å²) in [7, 11) is 0. The van der Waals surface area contributed by atoms with Crippen molar-refractivity contribution in [2.75, 3.05) is 6.54 Å². The van der Waals surface area contributed by atoms with E-state index < -0.39 is 0 Å². The van der Waals surface area contributed by atoms with E-state index in [1.807, 2.05) is 10.8 Å². The lowest BCUT2D eigenvalue weighted by Gasteiger charge is -2.31. The van der Waals surface area contributed by atoms with E-state index in [0.717, 1.165) is 25.7 Å². The smallest absolute Gasteiger partial charge is 0.222 e. The van der Waals surface area contributed by atoms with Crippen molar-refractivity contribution in [2.24, 2.45) is 5.92 Å². The van der Waals surface area contributed by atoms with Gasteiger partial charge >= 0.3 is 0 Å². The summed E-state index contributed by atoms with van der Waals surface area (Å²) < 4.78 is 2.01. The van der Waals surface area contributed by atoms with Gasteiger partial charge in [-0.2, -0.15) is 0 Å². The number of aromatic nitrogens is 2. The molecule has 1 heterocycles. The molecular weight excluding hydrogens is 242 g/mol. The second-order valence-electron chi connectivity index (χ2n) is 5.45. The zero-order valence-electron chi connectivity index (χ0n) is 11.5. The van der Waals surface area contributed by atoms with Crippen molar-refractivity contribution < 1.29 is 9.90 Å². The molecule has 0 bridgehead atoms. The van der Waals surface area contributed by atoms with Gasteiger partial charge in [-0.3, -0.25) is 4.79 Å². The van der Waals surface area contributed by atoms with Crippen molar-refractivity contribution in [3.63, 3.8) is 0 Å². The van der Waals surface area contributed by atoms with Gasteiger partial charge in [-0.25, -0.2) is 4.98 Å². The first-order chi connectivity index (χ1) is 9.19. The van der Waals surface area contributed by atoms with Crippen LogP contribution in [-0.4, -0.2) is 33.2 Å². The van der Waals surface area contributed by atoms with Gasteiger partial charge < -0.3 is 15.0 Å². The highest BCUT2D eigenvalue weighted by atomic mass is 16.3. The molecule has 1 aromatic heterocycles. The van der Waals surface area contributed by atoms with Crippen LogP contribution in [0.15, 0.2) is 18.7 Å². The predicted octanol–water partition coefficient (Wildman–Crippen LogP) is 1.50. The predicted molar refractivity (Wildman–Crippen MR) is 72.5 cm³/mol. The van der Waals surface area contributed by atoms with Crippen LogP contribution in [0.3, 0.4) is 0 Å². The lowest BCUT2D eigenvalue weighted by molar-refractivity contribution is -0.122. The second-order valence-corrected chi connectivity index (χ2v) is 5.45. The molecule has 2 rings (SSSR count). The van der Waals surface area contributed by atoms with Gasteiger partial charge in [0.1, 0.15) is 0 Å². The van der Waals surface area contributed by atoms with Gasteiger partial charge in [-0.1, -0.05) is 13.3 Å². The Morgan fingerprint density at radius 2 is 2.37 bits per heavy atom. The van der Waals surface area contributed by atoms with E-state index in [4.69, 9.17) is 0 Å². The van der Waals surface area contributed by atoms with E-state index in [9.17, 15) is 9.90 Å². The highest BCUT2D eigenvalue weighted by Gasteiger charge is 2.27. The third-order valence-corrected chi connectivity index (χ3v) is 3.79. The van der Waals surface area contributed by atoms with Crippen LogP contribution in [0, 0.1) is 5.92 Å². The van der Waals surface area contributed by atoms with Crippen molar-refractivity contribution >= 4 is 5.91 Å². The molecule has 19 heavy (non-hydrogen) atoms. The zero-order valence-corrected chi connectivity index (χ0v) is 11.5. The van der Waals surface area contributed by atoms with Gasteiger partial charge in [0.05, 0.1) is 12.4 Å². The highest BCUT2D eigenvalue weighted by Crippen LogP contribution is 2.26. The number of amides is 1. The number of carbonyl (C=O) groups is 1. The molecule has 0 radical (unpaired) electrons. The number of hydrogen-bond donors (Lipinski definition) is 2. The Labute approximate surface area is 114 Å². The minimum atomic E-state index is -0.152. The molecule has 1 aromatic rings. The van der Waals surface area contributed by atoms with Crippen LogP contribution in [-0.2, 0) is 4.79 Å². The van der Waals surface area contributed by atoms with Gasteiger partial charge in [-0.05, 0) is 25.2 Å². The van der Waals surface area contributed by atoms with Gasteiger partial charge in [0, 0.05) is 31.4 Å². The van der Waals surface area contributed by atoms with Crippen LogP contribution in [0.5, 0.6) is 0 Å². The van der Waals surface area contributed by atoms with Crippen LogP contribution >= 0.6 is 0 Å². The number of carbonyl (C=O) groups excluding carboxylic acids is 1. The molecule has 0 aromatic carbocycles. The standard InChI is InChI=1S/C14H23N3O2/c1-2-3-12(17-5-4-15-10-17)8-14(19)16-9-11-6-13(18)7-11/h4-5,10-13,18H,2-3,6-9H2,1H3,(H,16,19). The van der Waals surface area contributed by atoms with Crippen molar-refractivity contribution in [1.29, 1.82) is 0 Å². The fraction of sp³-hybridized carbons (Fsp3) is 0.714. The van der Waals surface area contributed by atoms with E-state index in [1.54, 1.807) is 12.5 Å². The molecule has 0 spiro atoms. The van der Waals surface area contributed by atoms with Crippen molar-refractivity contribution in [1.82, 2.24) is 14.9 Å². The summed E-state index contributed by atoms with van der Waals surface area (Å²) >= 11 is 0. The van der Waals surface area contributed by atoms with Gasteiger partial charge in [0.25, 0.3) is 0 Å². The number of hydrogen-bond acceptors (Lipinski definition) is 3. The summed E-state index contributed by atoms with van der Waals surface area (Å²) in [5.74, 6) is 0.547. The zero-order chi connectivity index (χ0) is 13.7. The number of imidazole rings is 1. The first kappa shape index (κ1) is 14.1. The summed E-state index contributed by atoms with van der Waals surface area (Å²) in [6, 6.07) is 0.194. The molecule has 0 saturated heterocycles. The molecule has 5 heteroatoms. The normalized spacial score (nSPS) is 23.7. The molecule has 1 amide bonds.